The highest BCUT2D eigenvalue weighted by atomic mass is 35.5. The van der Waals surface area contributed by atoms with Gasteiger partial charge in [0.05, 0.1) is 0 Å². The van der Waals surface area contributed by atoms with Crippen molar-refractivity contribution in [1.82, 2.24) is 0 Å². The largest absolute Gasteiger partial charge is 0.398 e. The monoisotopic (exact) mass is 990 g/mol. The number of nitrogen functional groups attached to an aromatic ring is 1. The highest BCUT2D eigenvalue weighted by Gasteiger charge is 2.11. The molecule has 0 saturated heterocycles. The second-order valence-electron chi connectivity index (χ2n) is 20.5. The Hall–Kier alpha value is -6.88. The van der Waals surface area contributed by atoms with Gasteiger partial charge in [-0.25, -0.2) is 4.39 Å². The van der Waals surface area contributed by atoms with Crippen LogP contribution in [0.4, 0.5) is 21.5 Å². The van der Waals surface area contributed by atoms with Crippen molar-refractivity contribution in [2.45, 2.75) is 98.8 Å². The van der Waals surface area contributed by atoms with Gasteiger partial charge in [-0.3, -0.25) is 0 Å². The number of benzene rings is 10. The summed E-state index contributed by atoms with van der Waals surface area (Å²) in [6.07, 6.45) is 0. The van der Waals surface area contributed by atoms with Gasteiger partial charge in [0.2, 0.25) is 0 Å². The average Bonchev–Trinajstić information content (AvgIpc) is 3.38. The molecule has 5 heteroatoms. The van der Waals surface area contributed by atoms with Gasteiger partial charge in [0.15, 0.2) is 0 Å². The van der Waals surface area contributed by atoms with Crippen LogP contribution < -0.4 is 16.0 Å². The first-order chi connectivity index (χ1) is 34.9. The van der Waals surface area contributed by atoms with E-state index < -0.39 is 0 Å². The normalized spacial score (nSPS) is 11.1. The molecule has 378 valence electrons. The van der Waals surface area contributed by atoms with Crippen LogP contribution in [0.1, 0.15) is 127 Å². The van der Waals surface area contributed by atoms with Crippen LogP contribution in [-0.2, 0) is 0 Å². The highest BCUT2D eigenvalue weighted by molar-refractivity contribution is 6.35. The van der Waals surface area contributed by atoms with Crippen LogP contribution in [0.3, 0.4) is 0 Å². The first-order valence-electron chi connectivity index (χ1n) is 25.9. The molecule has 0 aliphatic heterocycles. The van der Waals surface area contributed by atoms with Crippen molar-refractivity contribution >= 4 is 82.5 Å². The molecule has 0 unspecified atom stereocenters. The second-order valence-corrected chi connectivity index (χ2v) is 20.9. The van der Waals surface area contributed by atoms with Crippen LogP contribution >= 0.6 is 11.6 Å². The number of anilines is 3. The zero-order chi connectivity index (χ0) is 52.9. The van der Waals surface area contributed by atoms with E-state index in [2.05, 4.69) is 221 Å². The number of halogens is 2. The Kier molecular flexibility index (Phi) is 19.5. The summed E-state index contributed by atoms with van der Waals surface area (Å²) in [6, 6.07) is 62.0. The van der Waals surface area contributed by atoms with E-state index in [9.17, 15) is 4.39 Å². The minimum absolute atomic E-state index is 0.134. The van der Waals surface area contributed by atoms with Crippen molar-refractivity contribution in [2.24, 2.45) is 0 Å². The van der Waals surface area contributed by atoms with Gasteiger partial charge in [-0.05, 0) is 115 Å². The van der Waals surface area contributed by atoms with Gasteiger partial charge in [-0.2, -0.15) is 0 Å². The molecule has 0 fully saturated rings. The van der Waals surface area contributed by atoms with Crippen LogP contribution in [0.25, 0.3) is 53.9 Å². The lowest BCUT2D eigenvalue weighted by molar-refractivity contribution is 0.639. The van der Waals surface area contributed by atoms with E-state index in [0.29, 0.717) is 29.6 Å². The number of nitrogens with two attached hydrogens (primary N) is 1. The molecular formula is C68H77ClFN3. The fourth-order valence-corrected chi connectivity index (χ4v) is 9.97. The number of nitrogens with one attached hydrogen (secondary N) is 1. The molecule has 0 aliphatic carbocycles. The quantitative estimate of drug-likeness (QED) is 0.156. The Morgan fingerprint density at radius 1 is 0.370 bits per heavy atom. The van der Waals surface area contributed by atoms with Gasteiger partial charge in [0.1, 0.15) is 5.82 Å². The Morgan fingerprint density at radius 3 is 1.15 bits per heavy atom. The molecule has 10 aromatic carbocycles. The van der Waals surface area contributed by atoms with Crippen molar-refractivity contribution in [1.29, 1.82) is 0 Å². The molecule has 0 aliphatic rings. The van der Waals surface area contributed by atoms with Gasteiger partial charge in [0.25, 0.3) is 0 Å². The standard InChI is InChI=1S/C15H19N.C14H17N.C13H13Cl.C13H13F.C13H15N/c1-11(2)12-7-5-9-14-13(12)8-6-10-15(14)16(3)4;1-10(2)11-6-4-8-13-12(11)7-5-9-14(13)15-3;3*1-9(2)10-5-3-7-12-11(10)6-4-8-13(12)14/h5-11H,1-4H3;4-10,15H,1-3H3;2*3-9H,1-2H3;3-9H,14H2,1-2H3. The summed E-state index contributed by atoms with van der Waals surface area (Å²) in [5.41, 5.74) is 16.1. The van der Waals surface area contributed by atoms with Gasteiger partial charge in [-0.1, -0.05) is 232 Å². The van der Waals surface area contributed by atoms with Gasteiger partial charge < -0.3 is 16.0 Å². The third-order valence-electron chi connectivity index (χ3n) is 13.5. The molecule has 0 radical (unpaired) electrons. The summed E-state index contributed by atoms with van der Waals surface area (Å²) in [4.78, 5) is 2.17. The third-order valence-corrected chi connectivity index (χ3v) is 13.9. The summed E-state index contributed by atoms with van der Waals surface area (Å²) in [6.45, 7) is 22.0. The summed E-state index contributed by atoms with van der Waals surface area (Å²) in [5.74, 6) is 2.52. The summed E-state index contributed by atoms with van der Waals surface area (Å²) in [5, 5.41) is 16.1. The molecule has 0 spiro atoms. The van der Waals surface area contributed by atoms with E-state index in [1.807, 2.05) is 49.5 Å². The van der Waals surface area contributed by atoms with Crippen molar-refractivity contribution in [3.05, 3.63) is 221 Å². The van der Waals surface area contributed by atoms with E-state index >= 15 is 0 Å². The number of fused-ring (bicyclic) bond motifs is 5. The molecule has 0 atom stereocenters. The Balaban J connectivity index is 0.000000149. The van der Waals surface area contributed by atoms with Crippen LogP contribution in [0.2, 0.25) is 5.02 Å². The molecule has 0 bridgehead atoms. The fraction of sp³-hybridized carbons (Fsp3) is 0.265. The maximum absolute atomic E-state index is 13.4. The maximum atomic E-state index is 13.4. The summed E-state index contributed by atoms with van der Waals surface area (Å²) >= 11 is 6.13. The summed E-state index contributed by atoms with van der Waals surface area (Å²) in [7, 11) is 6.16. The molecule has 0 aromatic heterocycles. The molecule has 10 rings (SSSR count). The molecule has 3 N–H and O–H groups in total. The van der Waals surface area contributed by atoms with E-state index in [0.717, 1.165) is 26.9 Å². The topological polar surface area (TPSA) is 41.3 Å². The number of rotatable bonds is 7. The van der Waals surface area contributed by atoms with Crippen molar-refractivity contribution in [3.63, 3.8) is 0 Å². The number of hydrogen-bond acceptors (Lipinski definition) is 3. The highest BCUT2D eigenvalue weighted by Crippen LogP contribution is 2.34. The Bertz CT molecular complexity index is 3140. The SMILES string of the molecule is CC(C)c1cccc2c(Cl)cccc12.CC(C)c1cccc2c(F)cccc12.CC(C)c1cccc2c(N(C)C)cccc12.CC(C)c1cccc2c(N)cccc12.CNc1cccc2c(C(C)C)cccc12. The molecule has 0 saturated carbocycles. The van der Waals surface area contributed by atoms with Crippen molar-refractivity contribution < 1.29 is 4.39 Å². The molecular weight excluding hydrogens is 913 g/mol. The van der Waals surface area contributed by atoms with E-state index in [4.69, 9.17) is 17.3 Å². The first kappa shape index (κ1) is 55.4. The van der Waals surface area contributed by atoms with Crippen LogP contribution in [0.15, 0.2) is 182 Å². The Labute approximate surface area is 441 Å². The predicted octanol–water partition coefficient (Wildman–Crippen LogP) is 20.3. The minimum atomic E-state index is -0.134. The van der Waals surface area contributed by atoms with Crippen LogP contribution in [-0.4, -0.2) is 21.1 Å². The second kappa shape index (κ2) is 25.7. The summed E-state index contributed by atoms with van der Waals surface area (Å²) < 4.78 is 13.4. The molecule has 0 amide bonds. The van der Waals surface area contributed by atoms with Gasteiger partial charge in [-0.15, -0.1) is 0 Å². The van der Waals surface area contributed by atoms with Gasteiger partial charge >= 0.3 is 0 Å². The van der Waals surface area contributed by atoms with E-state index in [1.165, 1.54) is 83.0 Å². The maximum Gasteiger partial charge on any atom is 0.131 e. The zero-order valence-corrected chi connectivity index (χ0v) is 46.2. The van der Waals surface area contributed by atoms with Gasteiger partial charge in [0, 0.05) is 70.2 Å². The third kappa shape index (κ3) is 13.4. The molecule has 0 heterocycles. The molecule has 73 heavy (non-hydrogen) atoms. The van der Waals surface area contributed by atoms with E-state index in [-0.39, 0.29) is 5.82 Å². The van der Waals surface area contributed by atoms with Crippen LogP contribution in [0, 0.1) is 5.82 Å². The lowest BCUT2D eigenvalue weighted by Gasteiger charge is -2.17. The Morgan fingerprint density at radius 2 is 0.685 bits per heavy atom. The van der Waals surface area contributed by atoms with E-state index in [1.54, 1.807) is 6.07 Å². The van der Waals surface area contributed by atoms with Crippen molar-refractivity contribution in [2.75, 3.05) is 37.1 Å². The minimum Gasteiger partial charge on any atom is -0.398 e. The zero-order valence-electron chi connectivity index (χ0n) is 45.5. The fourth-order valence-electron chi connectivity index (χ4n) is 9.73. The number of hydrogen-bond donors (Lipinski definition) is 2. The first-order valence-corrected chi connectivity index (χ1v) is 26.3. The predicted molar refractivity (Wildman–Crippen MR) is 323 cm³/mol. The molecule has 10 aromatic rings. The lowest BCUT2D eigenvalue weighted by atomic mass is 9.95. The lowest BCUT2D eigenvalue weighted by Crippen LogP contribution is -2.09. The molecule has 3 nitrogen and oxygen atoms in total. The number of nitrogens with zero attached hydrogens (tertiary/aromatic N) is 1. The van der Waals surface area contributed by atoms with Crippen molar-refractivity contribution in [3.8, 4) is 0 Å². The van der Waals surface area contributed by atoms with Crippen LogP contribution in [0.5, 0.6) is 0 Å². The average molecular weight is 991 g/mol. The smallest absolute Gasteiger partial charge is 0.131 e.